The number of hydrogen-bond acceptors (Lipinski definition) is 2. The van der Waals surface area contributed by atoms with Gasteiger partial charge in [0.05, 0.1) is 5.41 Å². The Balaban J connectivity index is 2.19. The molecule has 2 heteroatoms. The molecule has 2 rings (SSSR count). The number of carbonyl (C=O) groups excluding carboxylic acids is 1. The second-order valence-corrected chi connectivity index (χ2v) is 3.96. The molecular weight excluding hydrogens is 150 g/mol. The van der Waals surface area contributed by atoms with Crippen molar-refractivity contribution in [3.63, 3.8) is 0 Å². The topological polar surface area (TPSA) is 43.1 Å². The zero-order valence-electron chi connectivity index (χ0n) is 7.31. The zero-order valence-corrected chi connectivity index (χ0v) is 7.31. The van der Waals surface area contributed by atoms with Crippen LogP contribution in [0.4, 0.5) is 0 Å². The first-order chi connectivity index (χ1) is 5.76. The first-order valence-corrected chi connectivity index (χ1v) is 4.78. The van der Waals surface area contributed by atoms with E-state index in [1.165, 1.54) is 25.7 Å². The summed E-state index contributed by atoms with van der Waals surface area (Å²) in [7, 11) is 0. The van der Waals surface area contributed by atoms with Gasteiger partial charge in [0.1, 0.15) is 0 Å². The number of nitrogens with two attached hydrogens (primary N) is 1. The molecule has 1 fully saturated rings. The molecule has 2 N–H and O–H groups in total. The zero-order chi connectivity index (χ0) is 8.60. The molecule has 0 saturated heterocycles. The van der Waals surface area contributed by atoms with E-state index in [2.05, 4.69) is 0 Å². The van der Waals surface area contributed by atoms with Gasteiger partial charge in [0.25, 0.3) is 0 Å². The van der Waals surface area contributed by atoms with Crippen molar-refractivity contribution >= 4 is 5.78 Å². The Morgan fingerprint density at radius 2 is 1.75 bits per heavy atom. The van der Waals surface area contributed by atoms with Gasteiger partial charge in [-0.05, 0) is 12.8 Å². The second-order valence-electron chi connectivity index (χ2n) is 3.96. The molecule has 66 valence electrons. The molecule has 12 heavy (non-hydrogen) atoms. The number of rotatable bonds is 0. The van der Waals surface area contributed by atoms with Gasteiger partial charge >= 0.3 is 0 Å². The van der Waals surface area contributed by atoms with Crippen molar-refractivity contribution < 1.29 is 4.79 Å². The lowest BCUT2D eigenvalue weighted by atomic mass is 9.66. The van der Waals surface area contributed by atoms with Gasteiger partial charge in [-0.15, -0.1) is 0 Å². The molecule has 0 amide bonds. The van der Waals surface area contributed by atoms with Crippen molar-refractivity contribution in [2.24, 2.45) is 11.1 Å². The van der Waals surface area contributed by atoms with Gasteiger partial charge in [0.15, 0.2) is 5.78 Å². The fourth-order valence-electron chi connectivity index (χ4n) is 2.35. The standard InChI is InChI=1S/C10H15NO/c11-8-7-9(12)10(8)5-3-1-2-4-6-10/h7H,1-6,11H2. The highest BCUT2D eigenvalue weighted by Gasteiger charge is 2.45. The molecule has 1 spiro atoms. The second kappa shape index (κ2) is 2.61. The van der Waals surface area contributed by atoms with Crippen LogP contribution in [0.25, 0.3) is 0 Å². The Hall–Kier alpha value is -0.790. The van der Waals surface area contributed by atoms with Crippen LogP contribution in [-0.2, 0) is 4.79 Å². The van der Waals surface area contributed by atoms with Gasteiger partial charge in [-0.2, -0.15) is 0 Å². The van der Waals surface area contributed by atoms with Crippen molar-refractivity contribution in [3.05, 3.63) is 11.8 Å². The van der Waals surface area contributed by atoms with Crippen molar-refractivity contribution in [3.8, 4) is 0 Å². The minimum absolute atomic E-state index is 0.198. The van der Waals surface area contributed by atoms with E-state index in [9.17, 15) is 4.79 Å². The average molecular weight is 165 g/mol. The molecule has 0 radical (unpaired) electrons. The lowest BCUT2D eigenvalue weighted by Crippen LogP contribution is -2.43. The Morgan fingerprint density at radius 1 is 1.17 bits per heavy atom. The van der Waals surface area contributed by atoms with E-state index in [1.807, 2.05) is 0 Å². The van der Waals surface area contributed by atoms with Crippen LogP contribution in [0.1, 0.15) is 38.5 Å². The normalized spacial score (nSPS) is 27.7. The van der Waals surface area contributed by atoms with Gasteiger partial charge < -0.3 is 5.73 Å². The Kier molecular flexibility index (Phi) is 1.71. The summed E-state index contributed by atoms with van der Waals surface area (Å²) in [4.78, 5) is 11.4. The number of allylic oxidation sites excluding steroid dienone is 2. The van der Waals surface area contributed by atoms with Crippen molar-refractivity contribution in [2.75, 3.05) is 0 Å². The van der Waals surface area contributed by atoms with E-state index in [0.29, 0.717) is 0 Å². The summed E-state index contributed by atoms with van der Waals surface area (Å²) in [5.41, 5.74) is 6.43. The first kappa shape index (κ1) is 7.84. The third kappa shape index (κ3) is 0.904. The van der Waals surface area contributed by atoms with Gasteiger partial charge in [-0.25, -0.2) is 0 Å². The molecule has 0 aliphatic heterocycles. The van der Waals surface area contributed by atoms with Crippen LogP contribution in [0, 0.1) is 5.41 Å². The Bertz CT molecular complexity index is 234. The highest BCUT2D eigenvalue weighted by molar-refractivity contribution is 6.04. The van der Waals surface area contributed by atoms with Gasteiger partial charge in [0, 0.05) is 11.8 Å². The van der Waals surface area contributed by atoms with Crippen LogP contribution in [0.5, 0.6) is 0 Å². The fourth-order valence-corrected chi connectivity index (χ4v) is 2.35. The van der Waals surface area contributed by atoms with E-state index >= 15 is 0 Å². The van der Waals surface area contributed by atoms with Crippen LogP contribution in [0.2, 0.25) is 0 Å². The van der Waals surface area contributed by atoms with Crippen LogP contribution >= 0.6 is 0 Å². The fraction of sp³-hybridized carbons (Fsp3) is 0.700. The summed E-state index contributed by atoms with van der Waals surface area (Å²) in [5.74, 6) is 0.280. The largest absolute Gasteiger partial charge is 0.401 e. The molecule has 0 aromatic heterocycles. The summed E-state index contributed by atoms with van der Waals surface area (Å²) in [6.07, 6.45) is 8.46. The van der Waals surface area contributed by atoms with Gasteiger partial charge in [-0.1, -0.05) is 25.7 Å². The minimum Gasteiger partial charge on any atom is -0.401 e. The highest BCUT2D eigenvalue weighted by atomic mass is 16.1. The van der Waals surface area contributed by atoms with Crippen LogP contribution < -0.4 is 5.73 Å². The molecule has 2 aliphatic rings. The monoisotopic (exact) mass is 165 g/mol. The smallest absolute Gasteiger partial charge is 0.169 e. The van der Waals surface area contributed by atoms with Crippen LogP contribution in [0.3, 0.4) is 0 Å². The summed E-state index contributed by atoms with van der Waals surface area (Å²) >= 11 is 0. The summed E-state index contributed by atoms with van der Waals surface area (Å²) < 4.78 is 0. The molecule has 0 atom stereocenters. The summed E-state index contributed by atoms with van der Waals surface area (Å²) in [6.45, 7) is 0. The summed E-state index contributed by atoms with van der Waals surface area (Å²) in [5, 5.41) is 0. The molecule has 2 aliphatic carbocycles. The quantitative estimate of drug-likeness (QED) is 0.594. The lowest BCUT2D eigenvalue weighted by molar-refractivity contribution is -0.125. The molecule has 1 saturated carbocycles. The van der Waals surface area contributed by atoms with Crippen molar-refractivity contribution in [2.45, 2.75) is 38.5 Å². The molecular formula is C10H15NO. The molecule has 0 aromatic rings. The van der Waals surface area contributed by atoms with Gasteiger partial charge in [-0.3, -0.25) is 4.79 Å². The van der Waals surface area contributed by atoms with E-state index < -0.39 is 0 Å². The molecule has 2 nitrogen and oxygen atoms in total. The maximum atomic E-state index is 11.4. The van der Waals surface area contributed by atoms with Crippen molar-refractivity contribution in [1.29, 1.82) is 0 Å². The molecule has 0 bridgehead atoms. The number of carbonyl (C=O) groups is 1. The molecule has 0 unspecified atom stereocenters. The first-order valence-electron chi connectivity index (χ1n) is 4.78. The Morgan fingerprint density at radius 3 is 2.17 bits per heavy atom. The number of ketones is 1. The number of hydrogen-bond donors (Lipinski definition) is 1. The predicted octanol–water partition coefficient (Wildman–Crippen LogP) is 1.75. The Labute approximate surface area is 72.8 Å². The lowest BCUT2D eigenvalue weighted by Gasteiger charge is -2.37. The maximum Gasteiger partial charge on any atom is 0.169 e. The van der Waals surface area contributed by atoms with Crippen LogP contribution in [-0.4, -0.2) is 5.78 Å². The SMILES string of the molecule is NC1=CC(=O)C12CCCCCC2. The third-order valence-corrected chi connectivity index (χ3v) is 3.27. The summed E-state index contributed by atoms with van der Waals surface area (Å²) in [6, 6.07) is 0. The minimum atomic E-state index is -0.198. The molecule has 0 aromatic carbocycles. The van der Waals surface area contributed by atoms with E-state index in [4.69, 9.17) is 5.73 Å². The highest BCUT2D eigenvalue weighted by Crippen LogP contribution is 2.45. The van der Waals surface area contributed by atoms with E-state index in [-0.39, 0.29) is 11.2 Å². The third-order valence-electron chi connectivity index (χ3n) is 3.27. The molecule has 0 heterocycles. The van der Waals surface area contributed by atoms with Crippen LogP contribution in [0.15, 0.2) is 11.8 Å². The van der Waals surface area contributed by atoms with Gasteiger partial charge in [0.2, 0.25) is 0 Å². The van der Waals surface area contributed by atoms with E-state index in [1.54, 1.807) is 6.08 Å². The van der Waals surface area contributed by atoms with Crippen molar-refractivity contribution in [1.82, 2.24) is 0 Å². The maximum absolute atomic E-state index is 11.4. The average Bonchev–Trinajstić information content (AvgIpc) is 2.31. The van der Waals surface area contributed by atoms with E-state index in [0.717, 1.165) is 18.5 Å². The predicted molar refractivity (Wildman–Crippen MR) is 47.4 cm³/mol.